The highest BCUT2D eigenvalue weighted by Gasteiger charge is 2.22. The summed E-state index contributed by atoms with van der Waals surface area (Å²) >= 11 is 3.50. The Labute approximate surface area is 123 Å². The van der Waals surface area contributed by atoms with Crippen LogP contribution in [0.25, 0.3) is 0 Å². The van der Waals surface area contributed by atoms with Crippen LogP contribution in [-0.4, -0.2) is 24.3 Å². The van der Waals surface area contributed by atoms with Crippen LogP contribution in [0.2, 0.25) is 0 Å². The van der Waals surface area contributed by atoms with Crippen molar-refractivity contribution in [3.8, 4) is 0 Å². The van der Waals surface area contributed by atoms with E-state index in [1.165, 1.54) is 37.8 Å². The Balaban J connectivity index is 2.26. The fourth-order valence-corrected chi connectivity index (χ4v) is 3.41. The summed E-state index contributed by atoms with van der Waals surface area (Å²) in [6.45, 7) is 1.42. The molecule has 0 amide bonds. The molecule has 3 nitrogen and oxygen atoms in total. The van der Waals surface area contributed by atoms with E-state index in [9.17, 15) is 5.11 Å². The van der Waals surface area contributed by atoms with Crippen LogP contribution in [-0.2, 0) is 6.54 Å². The van der Waals surface area contributed by atoms with E-state index in [0.717, 1.165) is 10.0 Å². The summed E-state index contributed by atoms with van der Waals surface area (Å²) in [6.07, 6.45) is 6.37. The topological polar surface area (TPSA) is 49.5 Å². The monoisotopic (exact) mass is 326 g/mol. The Hall–Kier alpha value is -0.580. The second-order valence-electron chi connectivity index (χ2n) is 5.19. The summed E-state index contributed by atoms with van der Waals surface area (Å²) in [6, 6.07) is 6.81. The Morgan fingerprint density at radius 3 is 2.63 bits per heavy atom. The smallest absolute Gasteiger partial charge is 0.0606 e. The second kappa shape index (κ2) is 7.27. The molecule has 1 saturated carbocycles. The molecule has 0 aliphatic heterocycles. The number of rotatable bonds is 5. The Kier molecular flexibility index (Phi) is 5.67. The van der Waals surface area contributed by atoms with Gasteiger partial charge < -0.3 is 15.7 Å². The highest BCUT2D eigenvalue weighted by Crippen LogP contribution is 2.31. The van der Waals surface area contributed by atoms with Crippen molar-refractivity contribution < 1.29 is 5.11 Å². The van der Waals surface area contributed by atoms with Crippen LogP contribution in [0.15, 0.2) is 22.7 Å². The van der Waals surface area contributed by atoms with E-state index >= 15 is 0 Å². The molecule has 1 aliphatic carbocycles. The van der Waals surface area contributed by atoms with Gasteiger partial charge >= 0.3 is 0 Å². The van der Waals surface area contributed by atoms with E-state index < -0.39 is 0 Å². The number of aliphatic hydroxyl groups excluding tert-OH is 1. The Morgan fingerprint density at radius 2 is 2.00 bits per heavy atom. The molecule has 0 atom stereocenters. The molecule has 3 N–H and O–H groups in total. The van der Waals surface area contributed by atoms with Gasteiger partial charge in [0, 0.05) is 29.3 Å². The third-order valence-electron chi connectivity index (χ3n) is 3.93. The maximum absolute atomic E-state index is 9.36. The summed E-state index contributed by atoms with van der Waals surface area (Å²) in [5.74, 6) is 0. The van der Waals surface area contributed by atoms with Crippen LogP contribution in [0, 0.1) is 0 Å². The number of nitrogens with two attached hydrogens (primary N) is 1. The van der Waals surface area contributed by atoms with Crippen LogP contribution in [0.4, 0.5) is 5.69 Å². The molecule has 0 radical (unpaired) electrons. The molecule has 106 valence electrons. The average Bonchev–Trinajstić information content (AvgIpc) is 2.46. The van der Waals surface area contributed by atoms with Crippen molar-refractivity contribution in [2.24, 2.45) is 5.73 Å². The molecule has 0 aromatic heterocycles. The number of hydrogen-bond acceptors (Lipinski definition) is 3. The first-order chi connectivity index (χ1) is 9.26. The average molecular weight is 327 g/mol. The van der Waals surface area contributed by atoms with Gasteiger partial charge in [0.1, 0.15) is 0 Å². The molecular weight excluding hydrogens is 304 g/mol. The summed E-state index contributed by atoms with van der Waals surface area (Å²) in [5.41, 5.74) is 8.21. The predicted octanol–water partition coefficient (Wildman–Crippen LogP) is 3.04. The van der Waals surface area contributed by atoms with Crippen molar-refractivity contribution >= 4 is 21.6 Å². The lowest BCUT2D eigenvalue weighted by Crippen LogP contribution is -2.39. The van der Waals surface area contributed by atoms with Crippen molar-refractivity contribution in [2.45, 2.75) is 44.7 Å². The van der Waals surface area contributed by atoms with E-state index in [2.05, 4.69) is 39.0 Å². The summed E-state index contributed by atoms with van der Waals surface area (Å²) < 4.78 is 1.06. The molecule has 0 spiro atoms. The zero-order valence-electron chi connectivity index (χ0n) is 11.3. The normalized spacial score (nSPS) is 16.6. The molecule has 4 heteroatoms. The van der Waals surface area contributed by atoms with Gasteiger partial charge in [-0.25, -0.2) is 0 Å². The molecule has 0 saturated heterocycles. The summed E-state index contributed by atoms with van der Waals surface area (Å²) in [5, 5.41) is 9.36. The maximum atomic E-state index is 9.36. The lowest BCUT2D eigenvalue weighted by atomic mass is 9.93. The van der Waals surface area contributed by atoms with Crippen LogP contribution < -0.4 is 10.6 Å². The molecule has 1 fully saturated rings. The highest BCUT2D eigenvalue weighted by atomic mass is 79.9. The van der Waals surface area contributed by atoms with Gasteiger partial charge in [0.2, 0.25) is 0 Å². The summed E-state index contributed by atoms with van der Waals surface area (Å²) in [4.78, 5) is 2.35. The molecule has 2 rings (SSSR count). The third kappa shape index (κ3) is 3.71. The number of hydrogen-bond donors (Lipinski definition) is 2. The lowest BCUT2D eigenvalue weighted by molar-refractivity contribution is 0.290. The number of anilines is 1. The quantitative estimate of drug-likeness (QED) is 0.874. The minimum absolute atomic E-state index is 0.191. The number of halogens is 1. The lowest BCUT2D eigenvalue weighted by Gasteiger charge is -2.37. The zero-order chi connectivity index (χ0) is 13.7. The molecule has 1 aromatic carbocycles. The number of aliphatic hydroxyl groups is 1. The van der Waals surface area contributed by atoms with Gasteiger partial charge in [-0.1, -0.05) is 35.2 Å². The first kappa shape index (κ1) is 14.8. The molecule has 1 aliphatic rings. The number of nitrogens with zero attached hydrogens (tertiary/aromatic N) is 1. The molecular formula is C15H23BrN2O. The van der Waals surface area contributed by atoms with E-state index in [4.69, 9.17) is 5.73 Å². The third-order valence-corrected chi connectivity index (χ3v) is 4.42. The van der Waals surface area contributed by atoms with E-state index in [-0.39, 0.29) is 6.61 Å². The minimum atomic E-state index is 0.191. The standard InChI is InChI=1S/C15H23BrN2O/c16-13-6-7-15(12(10-13)11-17)18(8-9-19)14-4-2-1-3-5-14/h6-7,10,14,19H,1-5,8-9,11,17H2. The van der Waals surface area contributed by atoms with Crippen molar-refractivity contribution in [3.05, 3.63) is 28.2 Å². The van der Waals surface area contributed by atoms with Gasteiger partial charge in [0.15, 0.2) is 0 Å². The van der Waals surface area contributed by atoms with Crippen LogP contribution in [0.3, 0.4) is 0 Å². The van der Waals surface area contributed by atoms with E-state index in [0.29, 0.717) is 19.1 Å². The van der Waals surface area contributed by atoms with Crippen molar-refractivity contribution in [3.63, 3.8) is 0 Å². The summed E-state index contributed by atoms with van der Waals surface area (Å²) in [7, 11) is 0. The van der Waals surface area contributed by atoms with Gasteiger partial charge in [-0.3, -0.25) is 0 Å². The maximum Gasteiger partial charge on any atom is 0.0606 e. The Morgan fingerprint density at radius 1 is 1.26 bits per heavy atom. The molecule has 1 aromatic rings. The van der Waals surface area contributed by atoms with Crippen LogP contribution in [0.5, 0.6) is 0 Å². The zero-order valence-corrected chi connectivity index (χ0v) is 12.9. The van der Waals surface area contributed by atoms with Crippen molar-refractivity contribution in [1.82, 2.24) is 0 Å². The SMILES string of the molecule is NCc1cc(Br)ccc1N(CCO)C1CCCCC1. The molecule has 0 bridgehead atoms. The van der Waals surface area contributed by atoms with Crippen LogP contribution >= 0.6 is 15.9 Å². The highest BCUT2D eigenvalue weighted by molar-refractivity contribution is 9.10. The molecule has 0 heterocycles. The van der Waals surface area contributed by atoms with Crippen molar-refractivity contribution in [2.75, 3.05) is 18.1 Å². The number of benzene rings is 1. The van der Waals surface area contributed by atoms with E-state index in [1.54, 1.807) is 0 Å². The van der Waals surface area contributed by atoms with E-state index in [1.807, 2.05) is 0 Å². The van der Waals surface area contributed by atoms with Gasteiger partial charge in [-0.2, -0.15) is 0 Å². The Bertz CT molecular complexity index is 405. The first-order valence-electron chi connectivity index (χ1n) is 7.12. The van der Waals surface area contributed by atoms with Crippen LogP contribution in [0.1, 0.15) is 37.7 Å². The molecule has 0 unspecified atom stereocenters. The minimum Gasteiger partial charge on any atom is -0.395 e. The fourth-order valence-electron chi connectivity index (χ4n) is 3.00. The predicted molar refractivity (Wildman–Crippen MR) is 83.3 cm³/mol. The fraction of sp³-hybridized carbons (Fsp3) is 0.600. The van der Waals surface area contributed by atoms with Gasteiger partial charge in [-0.15, -0.1) is 0 Å². The van der Waals surface area contributed by atoms with Gasteiger partial charge in [0.05, 0.1) is 6.61 Å². The largest absolute Gasteiger partial charge is 0.395 e. The van der Waals surface area contributed by atoms with Gasteiger partial charge in [-0.05, 0) is 36.6 Å². The van der Waals surface area contributed by atoms with Crippen molar-refractivity contribution in [1.29, 1.82) is 0 Å². The molecule has 19 heavy (non-hydrogen) atoms. The first-order valence-corrected chi connectivity index (χ1v) is 7.91. The second-order valence-corrected chi connectivity index (χ2v) is 6.10. The van der Waals surface area contributed by atoms with Gasteiger partial charge in [0.25, 0.3) is 0 Å².